The number of carbonyl (C=O) groups excluding carboxylic acids is 1. The van der Waals surface area contributed by atoms with Crippen LogP contribution in [0.1, 0.15) is 36.8 Å². The molecule has 1 heterocycles. The molecule has 2 aromatic rings. The fourth-order valence-corrected chi connectivity index (χ4v) is 3.81. The Kier molecular flexibility index (Phi) is 6.84. The van der Waals surface area contributed by atoms with Crippen LogP contribution < -0.4 is 4.74 Å². The maximum absolute atomic E-state index is 13.4. The van der Waals surface area contributed by atoms with E-state index >= 15 is 0 Å². The van der Waals surface area contributed by atoms with E-state index in [9.17, 15) is 18.0 Å². The molecule has 0 unspecified atom stereocenters. The maximum atomic E-state index is 13.4. The van der Waals surface area contributed by atoms with Gasteiger partial charge in [0.2, 0.25) is 0 Å². The third-order valence-electron chi connectivity index (χ3n) is 5.76. The minimum atomic E-state index is -4.74. The first kappa shape index (κ1) is 22.7. The van der Waals surface area contributed by atoms with Gasteiger partial charge in [0.25, 0.3) is 0 Å². The third kappa shape index (κ3) is 6.05. The second-order valence-electron chi connectivity index (χ2n) is 8.00. The Bertz CT molecular complexity index is 1050. The van der Waals surface area contributed by atoms with Gasteiger partial charge in [-0.05, 0) is 60.6 Å². The van der Waals surface area contributed by atoms with Gasteiger partial charge in [0.05, 0.1) is 0 Å². The van der Waals surface area contributed by atoms with Crippen LogP contribution in [0, 0.1) is 0 Å². The second kappa shape index (κ2) is 9.96. The maximum Gasteiger partial charge on any atom is 0.573 e. The molecule has 5 nitrogen and oxygen atoms in total. The van der Waals surface area contributed by atoms with E-state index < -0.39 is 6.36 Å². The molecule has 4 rings (SSSR count). The highest BCUT2D eigenvalue weighted by atomic mass is 19.4. The van der Waals surface area contributed by atoms with Crippen molar-refractivity contribution in [1.29, 1.82) is 0 Å². The van der Waals surface area contributed by atoms with Crippen molar-refractivity contribution in [2.24, 2.45) is 5.10 Å². The van der Waals surface area contributed by atoms with E-state index in [1.165, 1.54) is 29.3 Å². The molecular weight excluding hydrogens is 431 g/mol. The molecule has 1 fully saturated rings. The first-order chi connectivity index (χ1) is 15.9. The molecule has 2 aromatic carbocycles. The van der Waals surface area contributed by atoms with Gasteiger partial charge in [-0.3, -0.25) is 0 Å². The van der Waals surface area contributed by atoms with Gasteiger partial charge < -0.3 is 9.64 Å². The van der Waals surface area contributed by atoms with Gasteiger partial charge >= 0.3 is 12.4 Å². The molecule has 0 aromatic heterocycles. The molecule has 172 valence electrons. The zero-order chi connectivity index (χ0) is 23.3. The van der Waals surface area contributed by atoms with E-state index in [2.05, 4.69) is 15.7 Å². The predicted octanol–water partition coefficient (Wildman–Crippen LogP) is 5.99. The van der Waals surface area contributed by atoms with Gasteiger partial charge in [-0.15, -0.1) is 18.3 Å². The number of carbonyl (C=O) groups is 1. The van der Waals surface area contributed by atoms with Crippen LogP contribution in [-0.4, -0.2) is 40.8 Å². The highest BCUT2D eigenvalue weighted by Gasteiger charge is 2.32. The first-order valence-electron chi connectivity index (χ1n) is 10.9. The zero-order valence-corrected chi connectivity index (χ0v) is 18.0. The summed E-state index contributed by atoms with van der Waals surface area (Å²) < 4.78 is 41.2. The predicted molar refractivity (Wildman–Crippen MR) is 119 cm³/mol. The van der Waals surface area contributed by atoms with Gasteiger partial charge in [0.15, 0.2) is 0 Å². The molecule has 1 aliphatic heterocycles. The highest BCUT2D eigenvalue weighted by Crippen LogP contribution is 2.29. The Balaban J connectivity index is 1.51. The van der Waals surface area contributed by atoms with E-state index in [0.29, 0.717) is 18.5 Å². The van der Waals surface area contributed by atoms with Crippen molar-refractivity contribution < 1.29 is 22.7 Å². The monoisotopic (exact) mass is 455 g/mol. The second-order valence-corrected chi connectivity index (χ2v) is 8.00. The van der Waals surface area contributed by atoms with E-state index in [-0.39, 0.29) is 17.8 Å². The Labute approximate surface area is 190 Å². The van der Waals surface area contributed by atoms with Crippen molar-refractivity contribution in [1.82, 2.24) is 9.91 Å². The summed E-state index contributed by atoms with van der Waals surface area (Å²) in [6, 6.07) is 15.5. The largest absolute Gasteiger partial charge is 0.573 e. The molecule has 0 radical (unpaired) electrons. The quantitative estimate of drug-likeness (QED) is 0.537. The van der Waals surface area contributed by atoms with Gasteiger partial charge in [0.1, 0.15) is 5.75 Å². The number of halogens is 3. The van der Waals surface area contributed by atoms with E-state index in [1.807, 2.05) is 35.2 Å². The number of amides is 2. The molecule has 33 heavy (non-hydrogen) atoms. The number of benzene rings is 2. The molecule has 8 heteroatoms. The standard InChI is InChI=1S/C25H24F3N3O2/c26-25(27,28)33-23-13-11-20(12-14-23)21-8-5-16-29-31(18-21)24(32)30(22-9-4-10-22)17-15-19-6-2-1-3-7-19/h1-3,5-7,11-14,18,22H,4,8-10,15,17H2. The van der Waals surface area contributed by atoms with Gasteiger partial charge in [-0.1, -0.05) is 42.5 Å². The summed E-state index contributed by atoms with van der Waals surface area (Å²) in [6.45, 7) is 0.579. The lowest BCUT2D eigenvalue weighted by Crippen LogP contribution is -2.48. The summed E-state index contributed by atoms with van der Waals surface area (Å²) in [4.78, 5) is 15.3. The van der Waals surface area contributed by atoms with E-state index in [4.69, 9.17) is 0 Å². The molecule has 0 atom stereocenters. The van der Waals surface area contributed by atoms with E-state index in [1.54, 1.807) is 12.3 Å². The summed E-state index contributed by atoms with van der Waals surface area (Å²) in [5.41, 5.74) is 2.58. The number of rotatable bonds is 6. The molecule has 2 amide bonds. The van der Waals surface area contributed by atoms with Crippen LogP contribution in [0.4, 0.5) is 18.0 Å². The van der Waals surface area contributed by atoms with Gasteiger partial charge in [-0.25, -0.2) is 4.79 Å². The van der Waals surface area contributed by atoms with Crippen molar-refractivity contribution in [2.75, 3.05) is 6.54 Å². The molecule has 1 aliphatic carbocycles. The summed E-state index contributed by atoms with van der Waals surface area (Å²) in [6.07, 6.45) is 2.79. The van der Waals surface area contributed by atoms with Crippen LogP contribution in [0.25, 0.3) is 5.57 Å². The van der Waals surface area contributed by atoms with Crippen molar-refractivity contribution >= 4 is 17.5 Å². The van der Waals surface area contributed by atoms with Crippen molar-refractivity contribution in [2.45, 2.75) is 44.5 Å². The normalized spacial score (nSPS) is 16.1. The summed E-state index contributed by atoms with van der Waals surface area (Å²) in [5, 5.41) is 5.45. The smallest absolute Gasteiger partial charge is 0.406 e. The average Bonchev–Trinajstić information content (AvgIpc) is 3.01. The Morgan fingerprint density at radius 2 is 1.85 bits per heavy atom. The molecule has 1 saturated carbocycles. The molecular formula is C25H24F3N3O2. The number of allylic oxidation sites excluding steroid dienone is 2. The van der Waals surface area contributed by atoms with Crippen LogP contribution in [0.5, 0.6) is 5.75 Å². The van der Waals surface area contributed by atoms with E-state index in [0.717, 1.165) is 36.8 Å². The minimum Gasteiger partial charge on any atom is -0.406 e. The highest BCUT2D eigenvalue weighted by molar-refractivity contribution is 5.81. The SMILES string of the molecule is O=C(N1C=C(c2ccc(OC(F)(F)F)cc2)CC=C=N1)N(CCc1ccccc1)C1CCC1. The number of hydrogen-bond donors (Lipinski definition) is 0. The van der Waals surface area contributed by atoms with Crippen molar-refractivity contribution in [3.05, 3.63) is 78.0 Å². The molecule has 0 bridgehead atoms. The molecule has 2 aliphatic rings. The lowest BCUT2D eigenvalue weighted by molar-refractivity contribution is -0.274. The topological polar surface area (TPSA) is 45.1 Å². The minimum absolute atomic E-state index is 0.180. The summed E-state index contributed by atoms with van der Waals surface area (Å²) in [7, 11) is 0. The van der Waals surface area contributed by atoms with Crippen LogP contribution >= 0.6 is 0 Å². The summed E-state index contributed by atoms with van der Waals surface area (Å²) in [5.74, 6) is 2.48. The van der Waals surface area contributed by atoms with Crippen LogP contribution in [0.3, 0.4) is 0 Å². The van der Waals surface area contributed by atoms with Gasteiger partial charge in [-0.2, -0.15) is 5.01 Å². The number of urea groups is 1. The fourth-order valence-electron chi connectivity index (χ4n) is 3.81. The van der Waals surface area contributed by atoms with Crippen LogP contribution in [0.15, 0.2) is 72.0 Å². The zero-order valence-electron chi connectivity index (χ0n) is 18.0. The Hall–Kier alpha value is -3.51. The van der Waals surface area contributed by atoms with Crippen molar-refractivity contribution in [3.8, 4) is 5.75 Å². The van der Waals surface area contributed by atoms with Gasteiger partial charge in [0, 0.05) is 31.1 Å². The number of hydrazone groups is 1. The third-order valence-corrected chi connectivity index (χ3v) is 5.76. The number of alkyl halides is 3. The molecule has 0 N–H and O–H groups in total. The lowest BCUT2D eigenvalue weighted by Gasteiger charge is -2.38. The fraction of sp³-hybridized carbons (Fsp3) is 0.320. The lowest BCUT2D eigenvalue weighted by atomic mass is 9.91. The molecule has 0 saturated heterocycles. The Morgan fingerprint density at radius 3 is 2.48 bits per heavy atom. The number of hydrogen-bond acceptors (Lipinski definition) is 3. The average molecular weight is 455 g/mol. The molecule has 0 spiro atoms. The van der Waals surface area contributed by atoms with Crippen molar-refractivity contribution in [3.63, 3.8) is 0 Å². The summed E-state index contributed by atoms with van der Waals surface area (Å²) >= 11 is 0. The van der Waals surface area contributed by atoms with Crippen LogP contribution in [0.2, 0.25) is 0 Å². The number of nitrogens with zero attached hydrogens (tertiary/aromatic N) is 3. The Morgan fingerprint density at radius 1 is 1.12 bits per heavy atom. The first-order valence-corrected chi connectivity index (χ1v) is 10.9. The van der Waals surface area contributed by atoms with Crippen LogP contribution in [-0.2, 0) is 6.42 Å². The number of ether oxygens (including phenoxy) is 1.